The van der Waals surface area contributed by atoms with Crippen LogP contribution in [-0.4, -0.2) is 39.7 Å². The number of ketones is 1. The summed E-state index contributed by atoms with van der Waals surface area (Å²) in [5.74, 6) is -6.17. The Bertz CT molecular complexity index is 1050. The van der Waals surface area contributed by atoms with Crippen LogP contribution in [0.4, 0.5) is 20.2 Å². The quantitative estimate of drug-likeness (QED) is 0.659. The van der Waals surface area contributed by atoms with E-state index in [4.69, 9.17) is 5.11 Å². The van der Waals surface area contributed by atoms with Crippen LogP contribution in [0.2, 0.25) is 0 Å². The van der Waals surface area contributed by atoms with E-state index < -0.39 is 41.0 Å². The monoisotopic (exact) mass is 359 g/mol. The zero-order chi connectivity index (χ0) is 18.7. The second kappa shape index (κ2) is 5.19. The number of nitrogens with zero attached hydrogens (tertiary/aromatic N) is 1. The lowest BCUT2D eigenvalue weighted by atomic mass is 9.84. The first-order valence-corrected chi connectivity index (χ1v) is 7.36. The number of carboxylic acids is 2. The molecule has 1 atom stereocenters. The molecule has 0 aromatic heterocycles. The van der Waals surface area contributed by atoms with Gasteiger partial charge in [-0.2, -0.15) is 4.39 Å². The molecule has 1 unspecified atom stereocenters. The highest BCUT2D eigenvalue weighted by Crippen LogP contribution is 2.39. The number of halogens is 2. The largest absolute Gasteiger partial charge is 0.478 e. The summed E-state index contributed by atoms with van der Waals surface area (Å²) in [5, 5.41) is 18.4. The van der Waals surface area contributed by atoms with Crippen molar-refractivity contribution in [1.29, 1.82) is 0 Å². The van der Waals surface area contributed by atoms with Crippen LogP contribution in [0.25, 0.3) is 0 Å². The number of carboxylic acid groups (broad SMARTS) is 2. The van der Waals surface area contributed by atoms with Gasteiger partial charge in [0.2, 0.25) is 23.0 Å². The van der Waals surface area contributed by atoms with Crippen LogP contribution in [0.15, 0.2) is 53.3 Å². The predicted octanol–water partition coefficient (Wildman–Crippen LogP) is 0.368. The molecule has 9 heteroatoms. The van der Waals surface area contributed by atoms with Gasteiger partial charge in [-0.15, -0.1) is 0 Å². The maximum absolute atomic E-state index is 14.3. The summed E-state index contributed by atoms with van der Waals surface area (Å²) >= 11 is 0. The Kier molecular flexibility index (Phi) is 3.17. The average Bonchev–Trinajstić information content (AvgIpc) is 2.60. The maximum atomic E-state index is 14.3. The Morgan fingerprint density at radius 2 is 1.88 bits per heavy atom. The molecule has 2 aliphatic heterocycles. The first-order valence-electron chi connectivity index (χ1n) is 7.36. The van der Waals surface area contributed by atoms with Gasteiger partial charge >= 0.3 is 11.9 Å². The third-order valence-electron chi connectivity index (χ3n) is 4.37. The Morgan fingerprint density at radius 3 is 2.54 bits per heavy atom. The molecule has 0 radical (unpaired) electrons. The van der Waals surface area contributed by atoms with E-state index in [2.05, 4.69) is 4.99 Å². The molecule has 3 N–H and O–H groups in total. The minimum atomic E-state index is -1.51. The zero-order valence-corrected chi connectivity index (χ0v) is 12.8. The molecule has 1 aliphatic carbocycles. The lowest BCUT2D eigenvalue weighted by Crippen LogP contribution is -2.75. The first kappa shape index (κ1) is 15.9. The van der Waals surface area contributed by atoms with Crippen LogP contribution in [-0.2, 0) is 9.59 Å². The molecular weight excluding hydrogens is 350 g/mol. The van der Waals surface area contributed by atoms with E-state index in [1.54, 1.807) is 0 Å². The number of rotatable bonds is 2. The van der Waals surface area contributed by atoms with E-state index in [9.17, 15) is 28.3 Å². The van der Waals surface area contributed by atoms with Crippen LogP contribution >= 0.6 is 0 Å². The Balaban J connectivity index is 2.03. The van der Waals surface area contributed by atoms with Gasteiger partial charge in [0.1, 0.15) is 11.3 Å². The predicted molar refractivity (Wildman–Crippen MR) is 83.3 cm³/mol. The molecule has 3 aliphatic rings. The van der Waals surface area contributed by atoms with Crippen molar-refractivity contribution in [2.24, 2.45) is 0 Å². The van der Waals surface area contributed by atoms with Crippen molar-refractivity contribution in [3.05, 3.63) is 58.8 Å². The van der Waals surface area contributed by atoms with Gasteiger partial charge in [0, 0.05) is 17.8 Å². The van der Waals surface area contributed by atoms with E-state index in [-0.39, 0.29) is 22.5 Å². The number of aromatic carboxylic acids is 1. The molecule has 0 fully saturated rings. The highest BCUT2D eigenvalue weighted by Gasteiger charge is 2.49. The van der Waals surface area contributed by atoms with Crippen LogP contribution in [0.3, 0.4) is 0 Å². The van der Waals surface area contributed by atoms with Crippen molar-refractivity contribution in [3.63, 3.8) is 0 Å². The molecule has 2 heterocycles. The van der Waals surface area contributed by atoms with E-state index in [1.165, 1.54) is 23.1 Å². The molecular formula is C17H9F2N2O5+. The zero-order valence-electron chi connectivity index (χ0n) is 12.8. The fraction of sp³-hybridized carbons (Fsp3) is 0.0588. The van der Waals surface area contributed by atoms with Gasteiger partial charge in [0.25, 0.3) is 0 Å². The summed E-state index contributed by atoms with van der Waals surface area (Å²) in [6.45, 7) is 0. The van der Waals surface area contributed by atoms with Gasteiger partial charge in [0.15, 0.2) is 11.9 Å². The van der Waals surface area contributed by atoms with E-state index >= 15 is 0 Å². The van der Waals surface area contributed by atoms with Crippen molar-refractivity contribution in [2.75, 3.05) is 4.90 Å². The number of anilines is 1. The number of hydrogen-bond acceptors (Lipinski definition) is 4. The van der Waals surface area contributed by atoms with Gasteiger partial charge in [-0.3, -0.25) is 4.79 Å². The van der Waals surface area contributed by atoms with Gasteiger partial charge in [-0.05, 0) is 18.2 Å². The SMILES string of the molecule is O=C(O)C1=CN2c3ccc(C(=O)O)cc3[NH+]=C3C(F)=C(F)C=C(C1=O)C32. The van der Waals surface area contributed by atoms with Gasteiger partial charge in [-0.1, -0.05) is 0 Å². The minimum absolute atomic E-state index is 0.0951. The van der Waals surface area contributed by atoms with Crippen LogP contribution < -0.4 is 9.89 Å². The first-order chi connectivity index (χ1) is 12.3. The Morgan fingerprint density at radius 1 is 1.15 bits per heavy atom. The van der Waals surface area contributed by atoms with Crippen LogP contribution in [0.1, 0.15) is 10.4 Å². The smallest absolute Gasteiger partial charge is 0.341 e. The number of aliphatic carboxylic acids is 1. The summed E-state index contributed by atoms with van der Waals surface area (Å²) in [4.78, 5) is 38.8. The fourth-order valence-electron chi connectivity index (χ4n) is 3.21. The number of benzene rings is 1. The molecule has 0 saturated heterocycles. The molecule has 1 aromatic carbocycles. The molecule has 1 aromatic rings. The lowest BCUT2D eigenvalue weighted by Gasteiger charge is -2.37. The molecule has 7 nitrogen and oxygen atoms in total. The van der Waals surface area contributed by atoms with E-state index in [1.807, 2.05) is 0 Å². The maximum Gasteiger partial charge on any atom is 0.341 e. The third kappa shape index (κ3) is 2.03. The number of carbonyl (C=O) groups is 3. The number of hydrogen-bond donors (Lipinski definition) is 3. The summed E-state index contributed by atoms with van der Waals surface area (Å²) < 4.78 is 28.3. The summed E-state index contributed by atoms with van der Waals surface area (Å²) in [5.41, 5.74) is -0.727. The van der Waals surface area contributed by atoms with Crippen molar-refractivity contribution in [2.45, 2.75) is 6.04 Å². The lowest BCUT2D eigenvalue weighted by molar-refractivity contribution is -0.357. The summed E-state index contributed by atoms with van der Waals surface area (Å²) in [7, 11) is 0. The van der Waals surface area contributed by atoms with Crippen LogP contribution in [0, 0.1) is 0 Å². The van der Waals surface area contributed by atoms with Crippen molar-refractivity contribution in [1.82, 2.24) is 0 Å². The minimum Gasteiger partial charge on any atom is -0.478 e. The third-order valence-corrected chi connectivity index (χ3v) is 4.37. The Hall–Kier alpha value is -3.62. The number of carbonyl (C=O) groups excluding carboxylic acids is 1. The second-order valence-electron chi connectivity index (χ2n) is 5.82. The molecule has 130 valence electrons. The molecule has 4 rings (SSSR count). The Labute approximate surface area is 143 Å². The molecule has 26 heavy (non-hydrogen) atoms. The summed E-state index contributed by atoms with van der Waals surface area (Å²) in [6.07, 6.45) is 1.73. The normalized spacial score (nSPS) is 20.7. The van der Waals surface area contributed by atoms with Crippen LogP contribution in [0.5, 0.6) is 0 Å². The highest BCUT2D eigenvalue weighted by atomic mass is 19.2. The summed E-state index contributed by atoms with van der Waals surface area (Å²) in [6, 6.07) is 2.85. The van der Waals surface area contributed by atoms with E-state index in [0.29, 0.717) is 11.8 Å². The molecule has 0 bridgehead atoms. The number of nitrogens with one attached hydrogen (secondary N) is 1. The van der Waals surface area contributed by atoms with Gasteiger partial charge < -0.3 is 15.1 Å². The van der Waals surface area contributed by atoms with Crippen molar-refractivity contribution < 1.29 is 38.4 Å². The van der Waals surface area contributed by atoms with Gasteiger partial charge in [-0.25, -0.2) is 19.0 Å². The highest BCUT2D eigenvalue weighted by molar-refractivity contribution is 6.29. The fourth-order valence-corrected chi connectivity index (χ4v) is 3.21. The number of Topliss-reactive ketones (excluding diaryl/α,β-unsaturated/α-hetero) is 1. The van der Waals surface area contributed by atoms with Crippen molar-refractivity contribution in [3.8, 4) is 0 Å². The van der Waals surface area contributed by atoms with E-state index in [0.717, 1.165) is 6.20 Å². The van der Waals surface area contributed by atoms with Crippen molar-refractivity contribution >= 4 is 34.8 Å². The molecule has 0 spiro atoms. The number of allylic oxidation sites excluding steroid dienone is 2. The topological polar surface area (TPSA) is 109 Å². The average molecular weight is 359 g/mol. The second-order valence-corrected chi connectivity index (χ2v) is 5.82. The molecule has 0 amide bonds. The number of fused-ring (bicyclic) bond motifs is 2. The van der Waals surface area contributed by atoms with Gasteiger partial charge in [0.05, 0.1) is 5.56 Å². The standard InChI is InChI=1S/C17H8F2N2O5/c18-9-4-7-14-13(12(9)19)20-10-3-6(16(23)24)1-2-11(10)21(14)5-8(15(7)22)17(25)26/h1-5,14H,(H,23,24)(H,25,26)/p+1. The molecule has 0 saturated carbocycles.